The molecule has 0 heterocycles. The van der Waals surface area contributed by atoms with Gasteiger partial charge in [-0.2, -0.15) is 0 Å². The molecule has 0 unspecified atom stereocenters. The van der Waals surface area contributed by atoms with E-state index in [-0.39, 0.29) is 17.3 Å². The number of amides is 1. The van der Waals surface area contributed by atoms with Crippen LogP contribution in [0.25, 0.3) is 0 Å². The molecule has 20 heavy (non-hydrogen) atoms. The number of aryl methyl sites for hydroxylation is 1. The number of anilines is 1. The van der Waals surface area contributed by atoms with Gasteiger partial charge in [0.2, 0.25) is 15.9 Å². The monoisotopic (exact) mass is 301 g/mol. The van der Waals surface area contributed by atoms with Gasteiger partial charge in [0.25, 0.3) is 0 Å². The Balaban J connectivity index is 2.11. The lowest BCUT2D eigenvalue weighted by Crippen LogP contribution is -2.38. The third-order valence-corrected chi connectivity index (χ3v) is 4.30. The topological polar surface area (TPSA) is 101 Å². The first-order valence-electron chi connectivity index (χ1n) is 6.14. The van der Waals surface area contributed by atoms with Gasteiger partial charge in [-0.1, -0.05) is 0 Å². The summed E-state index contributed by atoms with van der Waals surface area (Å²) in [6, 6.07) is 2.51. The highest BCUT2D eigenvalue weighted by atomic mass is 32.2. The molecule has 0 aliphatic heterocycles. The summed E-state index contributed by atoms with van der Waals surface area (Å²) in [5.74, 6) is -1.30. The van der Waals surface area contributed by atoms with E-state index in [2.05, 4.69) is 10.0 Å². The van der Waals surface area contributed by atoms with Crippen LogP contribution >= 0.6 is 0 Å². The molecule has 0 atom stereocenters. The number of benzene rings is 1. The van der Waals surface area contributed by atoms with Gasteiger partial charge >= 0.3 is 0 Å². The maximum atomic E-state index is 13.8. The van der Waals surface area contributed by atoms with Crippen LogP contribution in [0.1, 0.15) is 18.4 Å². The molecule has 110 valence electrons. The molecular formula is C12H16FN3O3S. The van der Waals surface area contributed by atoms with E-state index in [0.717, 1.165) is 18.9 Å². The summed E-state index contributed by atoms with van der Waals surface area (Å²) < 4.78 is 39.9. The second-order valence-corrected chi connectivity index (χ2v) is 6.55. The van der Waals surface area contributed by atoms with Gasteiger partial charge in [0.15, 0.2) is 0 Å². The fourth-order valence-corrected chi connectivity index (χ4v) is 2.87. The molecule has 1 fully saturated rings. The minimum atomic E-state index is -4.11. The molecule has 0 aromatic heterocycles. The van der Waals surface area contributed by atoms with Crippen LogP contribution in [0.5, 0.6) is 0 Å². The number of rotatable bonds is 5. The summed E-state index contributed by atoms with van der Waals surface area (Å²) in [7, 11) is -4.11. The SMILES string of the molecule is Cc1cc(N)cc(S(=O)(=O)NCC(=O)NC2CC2)c1F. The van der Waals surface area contributed by atoms with Gasteiger partial charge in [-0.25, -0.2) is 17.5 Å². The maximum Gasteiger partial charge on any atom is 0.244 e. The van der Waals surface area contributed by atoms with Crippen LogP contribution in [-0.2, 0) is 14.8 Å². The number of halogens is 1. The lowest BCUT2D eigenvalue weighted by molar-refractivity contribution is -0.120. The lowest BCUT2D eigenvalue weighted by atomic mass is 10.2. The molecule has 1 aliphatic carbocycles. The van der Waals surface area contributed by atoms with E-state index < -0.39 is 33.2 Å². The zero-order valence-electron chi connectivity index (χ0n) is 10.9. The minimum absolute atomic E-state index is 0.132. The Morgan fingerprint density at radius 1 is 1.45 bits per heavy atom. The van der Waals surface area contributed by atoms with Gasteiger partial charge in [0, 0.05) is 11.7 Å². The molecule has 0 saturated heterocycles. The average molecular weight is 301 g/mol. The molecule has 1 aliphatic rings. The molecule has 4 N–H and O–H groups in total. The normalized spacial score (nSPS) is 15.1. The van der Waals surface area contributed by atoms with Crippen molar-refractivity contribution in [2.75, 3.05) is 12.3 Å². The third kappa shape index (κ3) is 3.45. The Bertz CT molecular complexity index is 642. The van der Waals surface area contributed by atoms with E-state index in [4.69, 9.17) is 5.73 Å². The standard InChI is InChI=1S/C12H16FN3O3S/c1-7-4-8(14)5-10(12(7)13)20(18,19)15-6-11(17)16-9-2-3-9/h4-5,9,15H,2-3,6,14H2,1H3,(H,16,17). The zero-order chi connectivity index (χ0) is 14.9. The van der Waals surface area contributed by atoms with E-state index in [1.165, 1.54) is 13.0 Å². The van der Waals surface area contributed by atoms with Crippen LogP contribution < -0.4 is 15.8 Å². The number of nitrogens with two attached hydrogens (primary N) is 1. The Morgan fingerprint density at radius 2 is 2.10 bits per heavy atom. The smallest absolute Gasteiger partial charge is 0.244 e. The van der Waals surface area contributed by atoms with Gasteiger partial charge < -0.3 is 11.1 Å². The van der Waals surface area contributed by atoms with Gasteiger partial charge in [-0.3, -0.25) is 4.79 Å². The number of carbonyl (C=O) groups is 1. The van der Waals surface area contributed by atoms with Crippen LogP contribution in [0.2, 0.25) is 0 Å². The summed E-state index contributed by atoms with van der Waals surface area (Å²) in [6.45, 7) is 0.997. The second kappa shape index (κ2) is 5.37. The van der Waals surface area contributed by atoms with Crippen LogP contribution in [0.15, 0.2) is 17.0 Å². The summed E-state index contributed by atoms with van der Waals surface area (Å²) in [6.07, 6.45) is 1.81. The van der Waals surface area contributed by atoms with Gasteiger partial charge in [0.05, 0.1) is 6.54 Å². The van der Waals surface area contributed by atoms with E-state index in [1.807, 2.05) is 0 Å². The van der Waals surface area contributed by atoms with Crippen LogP contribution in [-0.4, -0.2) is 26.9 Å². The molecule has 8 heteroatoms. The van der Waals surface area contributed by atoms with Crippen molar-refractivity contribution in [1.82, 2.24) is 10.0 Å². The zero-order valence-corrected chi connectivity index (χ0v) is 11.8. The van der Waals surface area contributed by atoms with Crippen molar-refractivity contribution < 1.29 is 17.6 Å². The Kier molecular flexibility index (Phi) is 3.96. The molecule has 2 rings (SSSR count). The van der Waals surface area contributed by atoms with Crippen molar-refractivity contribution >= 4 is 21.6 Å². The van der Waals surface area contributed by atoms with Gasteiger partial charge in [0.1, 0.15) is 10.7 Å². The number of nitrogen functional groups attached to an aromatic ring is 1. The number of hydrogen-bond donors (Lipinski definition) is 3. The van der Waals surface area contributed by atoms with Gasteiger partial charge in [-0.05, 0) is 37.5 Å². The third-order valence-electron chi connectivity index (χ3n) is 2.90. The number of hydrogen-bond acceptors (Lipinski definition) is 4. The van der Waals surface area contributed by atoms with Crippen LogP contribution in [0.4, 0.5) is 10.1 Å². The van der Waals surface area contributed by atoms with Crippen molar-refractivity contribution in [2.24, 2.45) is 0 Å². The first-order chi connectivity index (χ1) is 9.29. The fraction of sp³-hybridized carbons (Fsp3) is 0.417. The molecule has 1 amide bonds. The van der Waals surface area contributed by atoms with Crippen molar-refractivity contribution in [2.45, 2.75) is 30.7 Å². The highest BCUT2D eigenvalue weighted by Gasteiger charge is 2.25. The average Bonchev–Trinajstić information content (AvgIpc) is 3.15. The Hall–Kier alpha value is -1.67. The first-order valence-corrected chi connectivity index (χ1v) is 7.62. The van der Waals surface area contributed by atoms with E-state index in [0.29, 0.717) is 0 Å². The van der Waals surface area contributed by atoms with Crippen molar-refractivity contribution in [3.63, 3.8) is 0 Å². The number of carbonyl (C=O) groups excluding carboxylic acids is 1. The summed E-state index contributed by atoms with van der Waals surface area (Å²) >= 11 is 0. The fourth-order valence-electron chi connectivity index (χ4n) is 1.70. The molecule has 0 spiro atoms. The molecule has 0 bridgehead atoms. The Labute approximate surface area is 116 Å². The van der Waals surface area contributed by atoms with Crippen LogP contribution in [0, 0.1) is 12.7 Å². The molecule has 1 aromatic rings. The van der Waals surface area contributed by atoms with Crippen molar-refractivity contribution in [3.8, 4) is 0 Å². The highest BCUT2D eigenvalue weighted by molar-refractivity contribution is 7.89. The molecule has 1 saturated carbocycles. The second-order valence-electron chi connectivity index (χ2n) is 4.82. The number of nitrogens with one attached hydrogen (secondary N) is 2. The first kappa shape index (κ1) is 14.7. The molecule has 6 nitrogen and oxygen atoms in total. The minimum Gasteiger partial charge on any atom is -0.399 e. The highest BCUT2D eigenvalue weighted by Crippen LogP contribution is 2.21. The lowest BCUT2D eigenvalue weighted by Gasteiger charge is -2.10. The molecule has 1 aromatic carbocycles. The predicted octanol–water partition coefficient (Wildman–Crippen LogP) is 0.273. The predicted molar refractivity (Wildman–Crippen MR) is 71.9 cm³/mol. The summed E-state index contributed by atoms with van der Waals surface area (Å²) in [4.78, 5) is 10.9. The van der Waals surface area contributed by atoms with Crippen molar-refractivity contribution in [3.05, 3.63) is 23.5 Å². The molecule has 0 radical (unpaired) electrons. The summed E-state index contributed by atoms with van der Waals surface area (Å²) in [5, 5.41) is 2.63. The van der Waals surface area contributed by atoms with E-state index >= 15 is 0 Å². The van der Waals surface area contributed by atoms with E-state index in [9.17, 15) is 17.6 Å². The van der Waals surface area contributed by atoms with E-state index in [1.54, 1.807) is 0 Å². The van der Waals surface area contributed by atoms with Crippen molar-refractivity contribution in [1.29, 1.82) is 0 Å². The van der Waals surface area contributed by atoms with Crippen LogP contribution in [0.3, 0.4) is 0 Å². The Morgan fingerprint density at radius 3 is 2.70 bits per heavy atom. The largest absolute Gasteiger partial charge is 0.399 e. The summed E-state index contributed by atoms with van der Waals surface area (Å²) in [5.41, 5.74) is 5.79. The number of sulfonamides is 1. The quantitative estimate of drug-likeness (QED) is 0.680. The van der Waals surface area contributed by atoms with Gasteiger partial charge in [-0.15, -0.1) is 0 Å². The maximum absolute atomic E-state index is 13.8. The molecular weight excluding hydrogens is 285 g/mol.